The normalized spacial score (nSPS) is 13.7. The molecule has 0 saturated heterocycles. The molecule has 0 atom stereocenters. The van der Waals surface area contributed by atoms with Crippen molar-refractivity contribution in [1.29, 1.82) is 0 Å². The molecule has 7 aromatic carbocycles. The fourth-order valence-corrected chi connectivity index (χ4v) is 8.12. The van der Waals surface area contributed by atoms with Crippen molar-refractivity contribution in [3.63, 3.8) is 0 Å². The quantitative estimate of drug-likeness (QED) is 0.200. The minimum absolute atomic E-state index is 0.0752. The molecule has 0 N–H and O–H groups in total. The largest absolute Gasteiger partial charge is 0.456 e. The zero-order chi connectivity index (χ0) is 29.9. The van der Waals surface area contributed by atoms with Crippen LogP contribution in [0.15, 0.2) is 144 Å². The smallest absolute Gasteiger partial charge is 0.136 e. The summed E-state index contributed by atoms with van der Waals surface area (Å²) in [6, 6.07) is 50.8. The maximum atomic E-state index is 6.67. The molecule has 0 spiro atoms. The van der Waals surface area contributed by atoms with Crippen molar-refractivity contribution in [2.75, 3.05) is 0 Å². The van der Waals surface area contributed by atoms with Gasteiger partial charge in [0.05, 0.1) is 11.0 Å². The van der Waals surface area contributed by atoms with E-state index in [1.165, 1.54) is 71.3 Å². The summed E-state index contributed by atoms with van der Waals surface area (Å²) < 4.78 is 9.11. The Morgan fingerprint density at radius 3 is 2.09 bits per heavy atom. The van der Waals surface area contributed by atoms with Gasteiger partial charge in [-0.3, -0.25) is 0 Å². The van der Waals surface area contributed by atoms with Crippen LogP contribution in [-0.4, -0.2) is 4.57 Å². The molecule has 10 rings (SSSR count). The molecule has 0 bridgehead atoms. The monoisotopic (exact) mass is 575 g/mol. The van der Waals surface area contributed by atoms with Crippen LogP contribution in [0.2, 0.25) is 0 Å². The van der Waals surface area contributed by atoms with Crippen LogP contribution >= 0.6 is 0 Å². The zero-order valence-electron chi connectivity index (χ0n) is 25.1. The number of para-hydroxylation sites is 3. The van der Waals surface area contributed by atoms with E-state index in [1.807, 2.05) is 0 Å². The molecule has 9 aromatic rings. The van der Waals surface area contributed by atoms with Crippen molar-refractivity contribution >= 4 is 54.5 Å². The van der Waals surface area contributed by atoms with E-state index in [-0.39, 0.29) is 5.41 Å². The lowest BCUT2D eigenvalue weighted by Gasteiger charge is -2.22. The molecule has 2 nitrogen and oxygen atoms in total. The summed E-state index contributed by atoms with van der Waals surface area (Å²) in [5, 5.41) is 7.27. The number of rotatable bonds is 2. The van der Waals surface area contributed by atoms with Crippen LogP contribution in [0.25, 0.3) is 82.5 Å². The summed E-state index contributed by atoms with van der Waals surface area (Å²) in [5.41, 5.74) is 13.2. The second-order valence-electron chi connectivity index (χ2n) is 12.9. The standard InChI is InChI=1S/C43H29NO/c1-43(2)35-17-9-6-14-28(35)29-21-20-26(24-36(29)43)34-25-39-40(33-16-8-11-19-38(33)45-39)41-31(34)22-23-32-30-15-7-10-18-37(30)44(42(32)41)27-12-4-3-5-13-27/h3-25H,1-2H3. The first-order chi connectivity index (χ1) is 22.1. The predicted molar refractivity (Wildman–Crippen MR) is 189 cm³/mol. The first-order valence-corrected chi connectivity index (χ1v) is 15.7. The van der Waals surface area contributed by atoms with Gasteiger partial charge < -0.3 is 8.98 Å². The Morgan fingerprint density at radius 1 is 0.489 bits per heavy atom. The lowest BCUT2D eigenvalue weighted by molar-refractivity contribution is 0.660. The molecule has 0 amide bonds. The van der Waals surface area contributed by atoms with Gasteiger partial charge in [0.1, 0.15) is 11.2 Å². The lowest BCUT2D eigenvalue weighted by atomic mass is 9.81. The summed E-state index contributed by atoms with van der Waals surface area (Å²) >= 11 is 0. The Kier molecular flexibility index (Phi) is 4.82. The Hall–Kier alpha value is -5.60. The van der Waals surface area contributed by atoms with Gasteiger partial charge in [-0.05, 0) is 75.2 Å². The number of hydrogen-bond donors (Lipinski definition) is 0. The van der Waals surface area contributed by atoms with Crippen LogP contribution in [0.5, 0.6) is 0 Å². The molecule has 0 fully saturated rings. The second-order valence-corrected chi connectivity index (χ2v) is 12.9. The van der Waals surface area contributed by atoms with Crippen molar-refractivity contribution in [3.05, 3.63) is 151 Å². The SMILES string of the molecule is CC1(C)c2ccccc2-c2ccc(-c3cc4oc5ccccc5c4c4c3ccc3c5ccccc5n(-c5ccccc5)c34)cc21. The molecule has 0 saturated carbocycles. The number of nitrogens with zero attached hydrogens (tertiary/aromatic N) is 1. The van der Waals surface area contributed by atoms with Gasteiger partial charge in [-0.15, -0.1) is 0 Å². The fourth-order valence-electron chi connectivity index (χ4n) is 8.12. The van der Waals surface area contributed by atoms with E-state index >= 15 is 0 Å². The van der Waals surface area contributed by atoms with Crippen LogP contribution in [0.4, 0.5) is 0 Å². The summed E-state index contributed by atoms with van der Waals surface area (Å²) in [4.78, 5) is 0. The van der Waals surface area contributed by atoms with Gasteiger partial charge in [-0.1, -0.05) is 117 Å². The van der Waals surface area contributed by atoms with Crippen molar-refractivity contribution < 1.29 is 4.42 Å². The maximum Gasteiger partial charge on any atom is 0.136 e. The van der Waals surface area contributed by atoms with Gasteiger partial charge in [0.15, 0.2) is 0 Å². The van der Waals surface area contributed by atoms with Crippen molar-refractivity contribution in [1.82, 2.24) is 4.57 Å². The van der Waals surface area contributed by atoms with Crippen LogP contribution in [-0.2, 0) is 5.41 Å². The number of furan rings is 1. The second kappa shape index (κ2) is 8.74. The molecular formula is C43H29NO. The number of hydrogen-bond acceptors (Lipinski definition) is 1. The van der Waals surface area contributed by atoms with Gasteiger partial charge in [0, 0.05) is 38.0 Å². The van der Waals surface area contributed by atoms with Crippen molar-refractivity contribution in [3.8, 4) is 27.9 Å². The molecule has 0 radical (unpaired) electrons. The van der Waals surface area contributed by atoms with E-state index in [1.54, 1.807) is 0 Å². The topological polar surface area (TPSA) is 18.1 Å². The highest BCUT2D eigenvalue weighted by Gasteiger charge is 2.35. The highest BCUT2D eigenvalue weighted by Crippen LogP contribution is 2.51. The Morgan fingerprint density at radius 2 is 1.20 bits per heavy atom. The molecule has 45 heavy (non-hydrogen) atoms. The summed E-state index contributed by atoms with van der Waals surface area (Å²) in [6.45, 7) is 4.70. The fraction of sp³-hybridized carbons (Fsp3) is 0.0698. The molecule has 2 aromatic heterocycles. The van der Waals surface area contributed by atoms with Gasteiger partial charge in [-0.25, -0.2) is 0 Å². The minimum Gasteiger partial charge on any atom is -0.456 e. The summed E-state index contributed by atoms with van der Waals surface area (Å²) in [7, 11) is 0. The van der Waals surface area contributed by atoms with Crippen LogP contribution in [0, 0.1) is 0 Å². The van der Waals surface area contributed by atoms with Crippen LogP contribution < -0.4 is 0 Å². The van der Waals surface area contributed by atoms with Gasteiger partial charge >= 0.3 is 0 Å². The first-order valence-electron chi connectivity index (χ1n) is 15.7. The highest BCUT2D eigenvalue weighted by molar-refractivity contribution is 6.32. The van der Waals surface area contributed by atoms with E-state index in [2.05, 4.69) is 158 Å². The Bertz CT molecular complexity index is 2670. The van der Waals surface area contributed by atoms with Gasteiger partial charge in [-0.2, -0.15) is 0 Å². The average Bonchev–Trinajstić information content (AvgIpc) is 3.70. The third-order valence-electron chi connectivity index (χ3n) is 10.2. The summed E-state index contributed by atoms with van der Waals surface area (Å²) in [5.74, 6) is 0. The highest BCUT2D eigenvalue weighted by atomic mass is 16.3. The Balaban J connectivity index is 1.39. The third kappa shape index (κ3) is 3.24. The van der Waals surface area contributed by atoms with Gasteiger partial charge in [0.25, 0.3) is 0 Å². The molecule has 2 heteroatoms. The predicted octanol–water partition coefficient (Wildman–Crippen LogP) is 11.8. The summed E-state index contributed by atoms with van der Waals surface area (Å²) in [6.07, 6.45) is 0. The molecule has 2 heterocycles. The lowest BCUT2D eigenvalue weighted by Crippen LogP contribution is -2.14. The van der Waals surface area contributed by atoms with E-state index < -0.39 is 0 Å². The number of benzene rings is 7. The van der Waals surface area contributed by atoms with E-state index in [0.29, 0.717) is 0 Å². The number of fused-ring (bicyclic) bond motifs is 12. The molecule has 0 aliphatic heterocycles. The third-order valence-corrected chi connectivity index (χ3v) is 10.2. The van der Waals surface area contributed by atoms with E-state index in [0.717, 1.165) is 22.2 Å². The molecule has 212 valence electrons. The molecule has 1 aliphatic carbocycles. The Labute approximate surface area is 260 Å². The molecule has 1 aliphatic rings. The maximum absolute atomic E-state index is 6.67. The first kappa shape index (κ1) is 24.8. The van der Waals surface area contributed by atoms with Crippen LogP contribution in [0.1, 0.15) is 25.0 Å². The van der Waals surface area contributed by atoms with Crippen molar-refractivity contribution in [2.24, 2.45) is 0 Å². The van der Waals surface area contributed by atoms with Crippen molar-refractivity contribution in [2.45, 2.75) is 19.3 Å². The molecular weight excluding hydrogens is 546 g/mol. The van der Waals surface area contributed by atoms with E-state index in [4.69, 9.17) is 4.42 Å². The van der Waals surface area contributed by atoms with Gasteiger partial charge in [0.2, 0.25) is 0 Å². The minimum atomic E-state index is -0.0752. The molecule has 0 unspecified atom stereocenters. The zero-order valence-corrected chi connectivity index (χ0v) is 25.1. The number of aromatic nitrogens is 1. The average molecular weight is 576 g/mol. The van der Waals surface area contributed by atoms with Crippen LogP contribution in [0.3, 0.4) is 0 Å². The van der Waals surface area contributed by atoms with E-state index in [9.17, 15) is 0 Å².